The first-order valence-electron chi connectivity index (χ1n) is 10.5. The molecule has 27 heavy (non-hydrogen) atoms. The van der Waals surface area contributed by atoms with Crippen LogP contribution in [0, 0.1) is 28.6 Å². The monoisotopic (exact) mass is 374 g/mol. The number of ether oxygens (including phenoxy) is 1. The van der Waals surface area contributed by atoms with Crippen molar-refractivity contribution in [2.75, 3.05) is 6.61 Å². The van der Waals surface area contributed by atoms with E-state index in [1.165, 1.54) is 12.5 Å². The summed E-state index contributed by atoms with van der Waals surface area (Å²) in [4.78, 5) is 23.0. The highest BCUT2D eigenvalue weighted by Crippen LogP contribution is 2.66. The summed E-state index contributed by atoms with van der Waals surface area (Å²) in [5, 5.41) is 0. The molecule has 4 aliphatic carbocycles. The summed E-state index contributed by atoms with van der Waals surface area (Å²) in [6, 6.07) is 0. The Balaban J connectivity index is 1.61. The lowest BCUT2D eigenvalue weighted by Crippen LogP contribution is -2.52. The summed E-state index contributed by atoms with van der Waals surface area (Å²) in [6.07, 6.45) is 9.03. The molecule has 3 saturated carbocycles. The number of alkyl halides is 1. The van der Waals surface area contributed by atoms with Crippen LogP contribution in [0.3, 0.4) is 0 Å². The number of halogens is 1. The van der Waals surface area contributed by atoms with Crippen molar-refractivity contribution < 1.29 is 18.7 Å². The molecule has 4 aliphatic rings. The van der Waals surface area contributed by atoms with E-state index in [1.54, 1.807) is 6.08 Å². The van der Waals surface area contributed by atoms with Gasteiger partial charge in [-0.05, 0) is 84.8 Å². The highest BCUT2D eigenvalue weighted by Gasteiger charge is 2.59. The molecule has 0 bridgehead atoms. The lowest BCUT2D eigenvalue weighted by molar-refractivity contribution is -0.139. The van der Waals surface area contributed by atoms with Crippen LogP contribution in [-0.4, -0.2) is 24.5 Å². The zero-order valence-electron chi connectivity index (χ0n) is 16.7. The molecule has 0 N–H and O–H groups in total. The molecule has 0 aliphatic heterocycles. The smallest absolute Gasteiger partial charge is 0.302 e. The van der Waals surface area contributed by atoms with Crippen LogP contribution in [0.25, 0.3) is 0 Å². The van der Waals surface area contributed by atoms with Crippen molar-refractivity contribution in [2.24, 2.45) is 28.6 Å². The summed E-state index contributed by atoms with van der Waals surface area (Å²) in [7, 11) is 0. The van der Waals surface area contributed by atoms with Crippen LogP contribution >= 0.6 is 0 Å². The van der Waals surface area contributed by atoms with Crippen LogP contribution in [0.5, 0.6) is 0 Å². The fourth-order valence-corrected chi connectivity index (χ4v) is 7.00. The lowest BCUT2D eigenvalue weighted by Gasteiger charge is -2.58. The molecule has 148 valence electrons. The highest BCUT2D eigenvalue weighted by molar-refractivity contribution is 5.91. The number of carbonyl (C=O) groups excluding carboxylic acids is 2. The predicted molar refractivity (Wildman–Crippen MR) is 102 cm³/mol. The molecule has 0 aromatic rings. The van der Waals surface area contributed by atoms with Crippen LogP contribution in [-0.2, 0) is 14.3 Å². The van der Waals surface area contributed by atoms with Crippen molar-refractivity contribution in [2.45, 2.75) is 71.9 Å². The molecule has 0 unspecified atom stereocenters. The Bertz CT molecular complexity index is 723. The van der Waals surface area contributed by atoms with Gasteiger partial charge in [-0.1, -0.05) is 19.4 Å². The molecule has 6 atom stereocenters. The maximum absolute atomic E-state index is 15.2. The van der Waals surface area contributed by atoms with Gasteiger partial charge in [0, 0.05) is 13.3 Å². The fourth-order valence-electron chi connectivity index (χ4n) is 7.00. The van der Waals surface area contributed by atoms with Gasteiger partial charge in [-0.2, -0.15) is 0 Å². The minimum atomic E-state index is -0.975. The van der Waals surface area contributed by atoms with E-state index in [0.29, 0.717) is 37.2 Å². The molecule has 0 saturated heterocycles. The molecular formula is C23H31FO3. The zero-order chi connectivity index (χ0) is 19.4. The second-order valence-corrected chi connectivity index (χ2v) is 9.59. The Morgan fingerprint density at radius 1 is 1.22 bits per heavy atom. The van der Waals surface area contributed by atoms with E-state index >= 15 is 4.39 Å². The third-order valence-corrected chi connectivity index (χ3v) is 8.40. The van der Waals surface area contributed by atoms with Gasteiger partial charge < -0.3 is 4.74 Å². The van der Waals surface area contributed by atoms with E-state index in [-0.39, 0.29) is 22.6 Å². The van der Waals surface area contributed by atoms with E-state index in [4.69, 9.17) is 4.74 Å². The minimum Gasteiger partial charge on any atom is -0.462 e. The maximum Gasteiger partial charge on any atom is 0.302 e. The quantitative estimate of drug-likeness (QED) is 0.507. The highest BCUT2D eigenvalue weighted by atomic mass is 19.1. The van der Waals surface area contributed by atoms with Crippen molar-refractivity contribution in [3.8, 4) is 0 Å². The zero-order valence-corrected chi connectivity index (χ0v) is 16.7. The summed E-state index contributed by atoms with van der Waals surface area (Å²) in [5.74, 6) is 1.21. The molecule has 3 fully saturated rings. The van der Waals surface area contributed by atoms with Gasteiger partial charge in [0.1, 0.15) is 12.8 Å². The van der Waals surface area contributed by atoms with Gasteiger partial charge in [0.15, 0.2) is 5.78 Å². The predicted octanol–water partition coefficient (Wildman–Crippen LogP) is 4.96. The Morgan fingerprint density at radius 2 is 1.96 bits per heavy atom. The molecular weight excluding hydrogens is 343 g/mol. The van der Waals surface area contributed by atoms with Crippen molar-refractivity contribution >= 4 is 11.8 Å². The summed E-state index contributed by atoms with van der Waals surface area (Å²) >= 11 is 0. The van der Waals surface area contributed by atoms with Gasteiger partial charge in [-0.15, -0.1) is 0 Å². The topological polar surface area (TPSA) is 43.4 Å². The molecule has 0 heterocycles. The first-order valence-corrected chi connectivity index (χ1v) is 10.5. The first-order chi connectivity index (χ1) is 12.8. The average Bonchev–Trinajstić information content (AvgIpc) is 2.93. The van der Waals surface area contributed by atoms with Crippen LogP contribution in [0.4, 0.5) is 4.39 Å². The Morgan fingerprint density at radius 3 is 2.70 bits per heavy atom. The van der Waals surface area contributed by atoms with Crippen molar-refractivity contribution in [1.29, 1.82) is 0 Å². The number of fused-ring (bicyclic) bond motifs is 5. The van der Waals surface area contributed by atoms with Crippen molar-refractivity contribution in [3.63, 3.8) is 0 Å². The summed E-state index contributed by atoms with van der Waals surface area (Å²) in [5.41, 5.74) is 2.13. The molecule has 4 heteroatoms. The maximum atomic E-state index is 15.2. The normalized spacial score (nSPS) is 45.0. The fraction of sp³-hybridized carbons (Fsp3) is 0.739. The SMILES string of the molecule is CC(=O)OCC=C1CC[C@H]2[C@@H]3C[C@H](F)C4=CC(=O)CC[C@]4(C)[C@H]3CC[C@]12C. The van der Waals surface area contributed by atoms with Crippen LogP contribution in [0.1, 0.15) is 65.7 Å². The minimum absolute atomic E-state index is 0.0979. The number of esters is 1. The molecule has 3 nitrogen and oxygen atoms in total. The molecule has 0 radical (unpaired) electrons. The second-order valence-electron chi connectivity index (χ2n) is 9.59. The van der Waals surface area contributed by atoms with Gasteiger partial charge in [0.2, 0.25) is 0 Å². The number of ketones is 1. The van der Waals surface area contributed by atoms with Crippen LogP contribution in [0.2, 0.25) is 0 Å². The number of carbonyl (C=O) groups is 2. The van der Waals surface area contributed by atoms with Gasteiger partial charge in [-0.25, -0.2) is 4.39 Å². The lowest BCUT2D eigenvalue weighted by atomic mass is 9.47. The Labute approximate surface area is 161 Å². The molecule has 4 rings (SSSR count). The van der Waals surface area contributed by atoms with E-state index in [0.717, 1.165) is 37.7 Å². The number of hydrogen-bond acceptors (Lipinski definition) is 3. The molecule has 0 amide bonds. The largest absolute Gasteiger partial charge is 0.462 e. The van der Waals surface area contributed by atoms with E-state index in [9.17, 15) is 9.59 Å². The summed E-state index contributed by atoms with van der Waals surface area (Å²) in [6.45, 7) is 6.34. The third-order valence-electron chi connectivity index (χ3n) is 8.40. The van der Waals surface area contributed by atoms with Gasteiger partial charge in [0.05, 0.1) is 0 Å². The first kappa shape index (κ1) is 18.9. The standard InChI is InChI=1S/C23H31FO3/c1-14(25)27-11-8-15-4-5-18-17-13-21(24)20-12-16(26)6-9-23(20,3)19(17)7-10-22(15,18)2/h8,12,17-19,21H,4-7,9-11,13H2,1-3H3/t17-,18-,19-,21-,22+,23+/m0/s1. The Kier molecular flexibility index (Phi) is 4.59. The van der Waals surface area contributed by atoms with Crippen LogP contribution in [0.15, 0.2) is 23.3 Å². The van der Waals surface area contributed by atoms with E-state index in [2.05, 4.69) is 19.9 Å². The Hall–Kier alpha value is -1.45. The molecule has 0 spiro atoms. The van der Waals surface area contributed by atoms with E-state index in [1.807, 2.05) is 0 Å². The number of allylic oxidation sites excluding steroid dienone is 2. The van der Waals surface area contributed by atoms with Crippen molar-refractivity contribution in [3.05, 3.63) is 23.3 Å². The summed E-state index contributed by atoms with van der Waals surface area (Å²) < 4.78 is 20.3. The van der Waals surface area contributed by atoms with E-state index < -0.39 is 6.17 Å². The molecule has 0 aromatic carbocycles. The third kappa shape index (κ3) is 2.91. The molecule has 0 aromatic heterocycles. The van der Waals surface area contributed by atoms with Gasteiger partial charge in [-0.3, -0.25) is 9.59 Å². The van der Waals surface area contributed by atoms with Gasteiger partial charge >= 0.3 is 5.97 Å². The average molecular weight is 374 g/mol. The number of rotatable bonds is 2. The number of hydrogen-bond donors (Lipinski definition) is 0. The van der Waals surface area contributed by atoms with Crippen molar-refractivity contribution in [1.82, 2.24) is 0 Å². The van der Waals surface area contributed by atoms with Gasteiger partial charge in [0.25, 0.3) is 0 Å². The second kappa shape index (κ2) is 6.56. The van der Waals surface area contributed by atoms with Crippen LogP contribution < -0.4 is 0 Å².